The summed E-state index contributed by atoms with van der Waals surface area (Å²) in [7, 11) is 0. The van der Waals surface area contributed by atoms with Gasteiger partial charge in [0.05, 0.1) is 6.42 Å². The molecule has 7 atom stereocenters. The number of amides is 8. The molecule has 27 heteroatoms. The first kappa shape index (κ1) is 62.3. The van der Waals surface area contributed by atoms with Crippen LogP contribution in [0.5, 0.6) is 0 Å². The number of nitrogens with two attached hydrogens (primary N) is 1. The van der Waals surface area contributed by atoms with Crippen molar-refractivity contribution in [2.75, 3.05) is 18.8 Å². The van der Waals surface area contributed by atoms with Crippen LogP contribution in [-0.4, -0.2) is 158 Å². The van der Waals surface area contributed by atoms with E-state index in [0.29, 0.717) is 43.2 Å². The normalized spacial score (nSPS) is 13.6. The number of carbonyl (C=O) groups excluding carboxylic acids is 7. The number of unbranched alkanes of at least 4 members (excludes halogenated alkanes) is 4. The average Bonchev–Trinajstić information content (AvgIpc) is 3.34. The van der Waals surface area contributed by atoms with Gasteiger partial charge in [-0.15, -0.1) is 0 Å². The number of benzene rings is 2. The van der Waals surface area contributed by atoms with Gasteiger partial charge < -0.3 is 73.8 Å². The Morgan fingerprint density at radius 1 is 0.459 bits per heavy atom. The average molecular weight is 1060 g/mol. The maximum absolute atomic E-state index is 14.0. The number of carbonyl (C=O) groups is 12. The SMILES string of the molecule is N[C@@H](CNC(=O)[C@H](Cc1ccccc1)NC(=O)[C@H](Cc1ccccc1)NC(=O)CCCCCCCNC(=O)CC[C@H](NC(=O)N[C@@H](CCC(=O)O)C(=O)O)C(=O)O)C(=O)NC(CC(=O)O)C(=O)N[C@@H](CS)C(=O)O. The summed E-state index contributed by atoms with van der Waals surface area (Å²) in [4.78, 5) is 148. The molecule has 0 bridgehead atoms. The molecule has 15 N–H and O–H groups in total. The largest absolute Gasteiger partial charge is 0.481 e. The lowest BCUT2D eigenvalue weighted by atomic mass is 10.0. The highest BCUT2D eigenvalue weighted by molar-refractivity contribution is 7.80. The number of hydrogen-bond acceptors (Lipinski definition) is 14. The van der Waals surface area contributed by atoms with Crippen LogP contribution in [0.1, 0.15) is 81.8 Å². The first-order chi connectivity index (χ1) is 35.1. The third-order valence-electron chi connectivity index (χ3n) is 10.9. The smallest absolute Gasteiger partial charge is 0.327 e. The van der Waals surface area contributed by atoms with Crippen LogP contribution >= 0.6 is 12.6 Å². The highest BCUT2D eigenvalue weighted by Crippen LogP contribution is 2.10. The van der Waals surface area contributed by atoms with Gasteiger partial charge >= 0.3 is 35.9 Å². The van der Waals surface area contributed by atoms with E-state index in [1.807, 2.05) is 5.32 Å². The number of urea groups is 1. The van der Waals surface area contributed by atoms with Crippen molar-refractivity contribution in [1.29, 1.82) is 0 Å². The number of carboxylic acid groups (broad SMARTS) is 5. The molecule has 0 aliphatic rings. The van der Waals surface area contributed by atoms with E-state index >= 15 is 0 Å². The van der Waals surface area contributed by atoms with Gasteiger partial charge in [-0.25, -0.2) is 19.2 Å². The highest BCUT2D eigenvalue weighted by Gasteiger charge is 2.32. The third kappa shape index (κ3) is 25.5. The highest BCUT2D eigenvalue weighted by atomic mass is 32.1. The van der Waals surface area contributed by atoms with E-state index in [2.05, 4.69) is 49.8 Å². The molecule has 0 fully saturated rings. The first-order valence-corrected chi connectivity index (χ1v) is 24.1. The minimum atomic E-state index is -1.73. The fourth-order valence-corrected chi connectivity index (χ4v) is 7.12. The van der Waals surface area contributed by atoms with Crippen molar-refractivity contribution in [1.82, 2.24) is 42.5 Å². The molecule has 0 heterocycles. The van der Waals surface area contributed by atoms with Crippen LogP contribution in [0.4, 0.5) is 4.79 Å². The predicted molar refractivity (Wildman–Crippen MR) is 264 cm³/mol. The molecular formula is C47H65N9O17S. The first-order valence-electron chi connectivity index (χ1n) is 23.5. The standard InChI is InChI=1S/C47H65N9O17S/c48-29(40(63)52-34(24-39(61)62)43(66)54-35(26-74)46(71)72)25-50-41(64)32(22-27-12-6-4-7-13-27)53-42(65)33(23-28-14-8-5-9-15-28)51-37(58)16-10-2-1-3-11-21-49-36(57)19-17-30(44(67)68)55-47(73)56-31(45(69)70)18-20-38(59)60/h4-9,12-15,29-35,74H,1-3,10-11,16-26,48H2,(H,49,57)(H,50,64)(H,51,58)(H,52,63)(H,53,65)(H,54,66)(H,59,60)(H,61,62)(H,67,68)(H,69,70)(H,71,72)(H2,55,56,73)/t29-,30-,31-,32-,33-,34?,35-/m0/s1. The second kappa shape index (κ2) is 33.8. The monoisotopic (exact) mass is 1060 g/mol. The van der Waals surface area contributed by atoms with Crippen LogP contribution in [0.3, 0.4) is 0 Å². The van der Waals surface area contributed by atoms with Crippen molar-refractivity contribution in [2.24, 2.45) is 5.73 Å². The Labute approximate surface area is 430 Å². The van der Waals surface area contributed by atoms with Crippen molar-refractivity contribution in [3.8, 4) is 0 Å². The van der Waals surface area contributed by atoms with Crippen molar-refractivity contribution in [3.05, 3.63) is 71.8 Å². The van der Waals surface area contributed by atoms with Crippen molar-refractivity contribution >= 4 is 83.9 Å². The summed E-state index contributed by atoms with van der Waals surface area (Å²) in [5, 5.41) is 64.9. The zero-order valence-electron chi connectivity index (χ0n) is 40.3. The van der Waals surface area contributed by atoms with Crippen molar-refractivity contribution in [3.63, 3.8) is 0 Å². The van der Waals surface area contributed by atoms with E-state index < -0.39 is 139 Å². The van der Waals surface area contributed by atoms with Gasteiger partial charge in [0.25, 0.3) is 0 Å². The molecule has 406 valence electrons. The third-order valence-corrected chi connectivity index (χ3v) is 11.3. The van der Waals surface area contributed by atoms with Gasteiger partial charge in [0.2, 0.25) is 35.4 Å². The van der Waals surface area contributed by atoms with Crippen LogP contribution < -0.4 is 48.3 Å². The Bertz CT molecular complexity index is 2240. The van der Waals surface area contributed by atoms with Crippen LogP contribution in [-0.2, 0) is 65.6 Å². The molecular weight excluding hydrogens is 995 g/mol. The number of hydrogen-bond donors (Lipinski definition) is 15. The Morgan fingerprint density at radius 3 is 1.45 bits per heavy atom. The van der Waals surface area contributed by atoms with E-state index in [4.69, 9.17) is 10.8 Å². The van der Waals surface area contributed by atoms with Gasteiger partial charge in [0.1, 0.15) is 42.3 Å². The van der Waals surface area contributed by atoms with Crippen LogP contribution in [0.2, 0.25) is 0 Å². The molecule has 0 spiro atoms. The van der Waals surface area contributed by atoms with Crippen LogP contribution in [0.15, 0.2) is 60.7 Å². The van der Waals surface area contributed by atoms with Crippen LogP contribution in [0, 0.1) is 0 Å². The molecule has 1 unspecified atom stereocenters. The number of carboxylic acids is 5. The Morgan fingerprint density at radius 2 is 0.932 bits per heavy atom. The lowest BCUT2D eigenvalue weighted by Gasteiger charge is -2.24. The fraction of sp³-hybridized carbons (Fsp3) is 0.489. The van der Waals surface area contributed by atoms with E-state index in [1.54, 1.807) is 60.7 Å². The molecule has 0 aliphatic heterocycles. The summed E-state index contributed by atoms with van der Waals surface area (Å²) in [6.07, 6.45) is 0.462. The van der Waals surface area contributed by atoms with Gasteiger partial charge in [0, 0.05) is 50.9 Å². The molecule has 26 nitrogen and oxygen atoms in total. The molecule has 2 aromatic carbocycles. The van der Waals surface area contributed by atoms with Gasteiger partial charge in [-0.1, -0.05) is 79.9 Å². The van der Waals surface area contributed by atoms with Gasteiger partial charge in [-0.3, -0.25) is 38.4 Å². The molecule has 0 radical (unpaired) electrons. The Kier molecular flexibility index (Phi) is 28.4. The van der Waals surface area contributed by atoms with Gasteiger partial charge in [-0.05, 0) is 36.8 Å². The summed E-state index contributed by atoms with van der Waals surface area (Å²) in [6.45, 7) is -0.293. The summed E-state index contributed by atoms with van der Waals surface area (Å²) in [6, 6.07) is 5.93. The molecule has 2 aromatic rings. The summed E-state index contributed by atoms with van der Waals surface area (Å²) in [5.41, 5.74) is 7.34. The molecule has 0 aliphatic carbocycles. The minimum Gasteiger partial charge on any atom is -0.481 e. The molecule has 2 rings (SSSR count). The lowest BCUT2D eigenvalue weighted by molar-refractivity contribution is -0.143. The van der Waals surface area contributed by atoms with Crippen molar-refractivity contribution in [2.45, 2.75) is 126 Å². The number of thiol groups is 1. The molecule has 8 amide bonds. The van der Waals surface area contributed by atoms with Crippen LogP contribution in [0.25, 0.3) is 0 Å². The Balaban J connectivity index is 1.95. The maximum Gasteiger partial charge on any atom is 0.327 e. The number of rotatable bonds is 36. The van der Waals surface area contributed by atoms with E-state index in [9.17, 15) is 78.0 Å². The van der Waals surface area contributed by atoms with E-state index in [0.717, 1.165) is 0 Å². The number of aliphatic carboxylic acids is 5. The summed E-state index contributed by atoms with van der Waals surface area (Å²) < 4.78 is 0. The quantitative estimate of drug-likeness (QED) is 0.0277. The zero-order chi connectivity index (χ0) is 55.2. The Hall–Kier alpha value is -7.81. The minimum absolute atomic E-state index is 0.0349. The second-order valence-electron chi connectivity index (χ2n) is 16.9. The van der Waals surface area contributed by atoms with Crippen molar-refractivity contribution < 1.29 is 83.1 Å². The molecule has 74 heavy (non-hydrogen) atoms. The zero-order valence-corrected chi connectivity index (χ0v) is 41.2. The predicted octanol–water partition coefficient (Wildman–Crippen LogP) is -1.35. The second-order valence-corrected chi connectivity index (χ2v) is 17.3. The summed E-state index contributed by atoms with van der Waals surface area (Å²) >= 11 is 3.85. The van der Waals surface area contributed by atoms with E-state index in [1.165, 1.54) is 0 Å². The molecule has 0 saturated heterocycles. The maximum atomic E-state index is 14.0. The van der Waals surface area contributed by atoms with Gasteiger partial charge in [0.15, 0.2) is 0 Å². The topological polar surface area (TPSA) is 428 Å². The number of nitrogens with one attached hydrogen (secondary N) is 8. The molecule has 0 saturated carbocycles. The lowest BCUT2D eigenvalue weighted by Crippen LogP contribution is -2.58. The fourth-order valence-electron chi connectivity index (χ4n) is 6.88. The summed E-state index contributed by atoms with van der Waals surface area (Å²) in [5.74, 6) is -12.2. The van der Waals surface area contributed by atoms with Gasteiger partial charge in [-0.2, -0.15) is 12.6 Å². The molecule has 0 aromatic heterocycles. The van der Waals surface area contributed by atoms with E-state index in [-0.39, 0.29) is 44.4 Å².